The van der Waals surface area contributed by atoms with Crippen LogP contribution in [0, 0.1) is 0 Å². The van der Waals surface area contributed by atoms with E-state index >= 15 is 0 Å². The Labute approximate surface area is 93.8 Å². The number of nitrogens with zero attached hydrogens (tertiary/aromatic N) is 1. The van der Waals surface area contributed by atoms with Crippen LogP contribution in [0.2, 0.25) is 0 Å². The van der Waals surface area contributed by atoms with Crippen LogP contribution in [0.3, 0.4) is 0 Å². The van der Waals surface area contributed by atoms with Crippen molar-refractivity contribution < 1.29 is 4.79 Å². The molecule has 0 aliphatic carbocycles. The van der Waals surface area contributed by atoms with Crippen LogP contribution in [0.1, 0.15) is 10.4 Å². The van der Waals surface area contributed by atoms with Gasteiger partial charge in [-0.1, -0.05) is 0 Å². The van der Waals surface area contributed by atoms with E-state index < -0.39 is 0 Å². The summed E-state index contributed by atoms with van der Waals surface area (Å²) < 4.78 is 0. The Hall–Kier alpha value is -2.23. The highest BCUT2D eigenvalue weighted by molar-refractivity contribution is 5.95. The second kappa shape index (κ2) is 4.10. The zero-order chi connectivity index (χ0) is 11.5. The maximum absolute atomic E-state index is 12.0. The van der Waals surface area contributed by atoms with Gasteiger partial charge < -0.3 is 16.4 Å². The Morgan fingerprint density at radius 1 is 1.19 bits per heavy atom. The minimum Gasteiger partial charge on any atom is -0.401 e. The highest BCUT2D eigenvalue weighted by Gasteiger charge is 2.15. The lowest BCUT2D eigenvalue weighted by molar-refractivity contribution is 0.0830. The summed E-state index contributed by atoms with van der Waals surface area (Å²) in [7, 11) is 0. The van der Waals surface area contributed by atoms with Crippen LogP contribution < -0.4 is 11.5 Å². The molecule has 0 aromatic heterocycles. The van der Waals surface area contributed by atoms with Crippen molar-refractivity contribution in [2.75, 3.05) is 12.3 Å². The molecule has 4 heteroatoms. The molecule has 0 unspecified atom stereocenters. The fourth-order valence-electron chi connectivity index (χ4n) is 1.50. The van der Waals surface area contributed by atoms with Crippen molar-refractivity contribution in [2.24, 2.45) is 5.73 Å². The fraction of sp³-hybridized carbons (Fsp3) is 0.0833. The number of nitrogen functional groups attached to an aromatic ring is 1. The Balaban J connectivity index is 2.17. The number of rotatable bonds is 1. The van der Waals surface area contributed by atoms with E-state index in [2.05, 4.69) is 0 Å². The highest BCUT2D eigenvalue weighted by atomic mass is 16.2. The minimum atomic E-state index is -0.0766. The van der Waals surface area contributed by atoms with Gasteiger partial charge in [-0.15, -0.1) is 0 Å². The molecular weight excluding hydrogens is 202 g/mol. The van der Waals surface area contributed by atoms with Gasteiger partial charge in [0.2, 0.25) is 0 Å². The Morgan fingerprint density at radius 2 is 1.88 bits per heavy atom. The molecule has 1 amide bonds. The van der Waals surface area contributed by atoms with Crippen molar-refractivity contribution in [3.8, 4) is 0 Å². The summed E-state index contributed by atoms with van der Waals surface area (Å²) in [5.41, 5.74) is 13.1. The quantitative estimate of drug-likeness (QED) is 0.688. The van der Waals surface area contributed by atoms with E-state index in [1.54, 1.807) is 47.5 Å². The lowest BCUT2D eigenvalue weighted by Gasteiger charge is -2.21. The van der Waals surface area contributed by atoms with E-state index in [-0.39, 0.29) is 5.91 Å². The Bertz CT molecular complexity index is 460. The molecule has 16 heavy (non-hydrogen) atoms. The number of nitrogens with two attached hydrogens (primary N) is 2. The van der Waals surface area contributed by atoms with Crippen LogP contribution in [0.15, 0.2) is 48.3 Å². The smallest absolute Gasteiger partial charge is 0.258 e. The van der Waals surface area contributed by atoms with Crippen LogP contribution in [-0.4, -0.2) is 17.4 Å². The molecule has 1 heterocycles. The van der Waals surface area contributed by atoms with Gasteiger partial charge in [0.1, 0.15) is 0 Å². The van der Waals surface area contributed by atoms with Gasteiger partial charge in [0.25, 0.3) is 5.91 Å². The van der Waals surface area contributed by atoms with E-state index in [1.807, 2.05) is 0 Å². The molecule has 1 aliphatic rings. The van der Waals surface area contributed by atoms with E-state index in [0.717, 1.165) is 0 Å². The van der Waals surface area contributed by atoms with Gasteiger partial charge in [-0.3, -0.25) is 4.79 Å². The molecule has 0 fully saturated rings. The predicted octanol–water partition coefficient (Wildman–Crippen LogP) is 1.08. The molecule has 0 bridgehead atoms. The number of carbonyl (C=O) groups is 1. The fourth-order valence-corrected chi connectivity index (χ4v) is 1.50. The first-order chi connectivity index (χ1) is 7.66. The van der Waals surface area contributed by atoms with Gasteiger partial charge in [0.15, 0.2) is 0 Å². The van der Waals surface area contributed by atoms with Gasteiger partial charge in [-0.25, -0.2) is 0 Å². The number of anilines is 1. The van der Waals surface area contributed by atoms with Gasteiger partial charge in [0.05, 0.1) is 6.54 Å². The average Bonchev–Trinajstić information content (AvgIpc) is 2.29. The first-order valence-corrected chi connectivity index (χ1v) is 4.96. The summed E-state index contributed by atoms with van der Waals surface area (Å²) in [6, 6.07) is 6.83. The minimum absolute atomic E-state index is 0.0766. The van der Waals surface area contributed by atoms with Crippen molar-refractivity contribution in [3.05, 3.63) is 53.9 Å². The second-order valence-corrected chi connectivity index (χ2v) is 3.64. The summed E-state index contributed by atoms with van der Waals surface area (Å²) in [5.74, 6) is -0.0766. The van der Waals surface area contributed by atoms with Crippen LogP contribution >= 0.6 is 0 Å². The molecule has 82 valence electrons. The summed E-state index contributed by atoms with van der Waals surface area (Å²) in [6.07, 6.45) is 5.26. The van der Waals surface area contributed by atoms with Crippen molar-refractivity contribution >= 4 is 11.6 Å². The number of allylic oxidation sites excluding steroid dienone is 2. The van der Waals surface area contributed by atoms with Crippen molar-refractivity contribution in [1.82, 2.24) is 4.90 Å². The van der Waals surface area contributed by atoms with Crippen LogP contribution in [0.5, 0.6) is 0 Å². The molecule has 4 nitrogen and oxygen atoms in total. The summed E-state index contributed by atoms with van der Waals surface area (Å²) in [5, 5.41) is 0. The Kier molecular flexibility index (Phi) is 2.64. The zero-order valence-electron chi connectivity index (χ0n) is 8.76. The number of amides is 1. The third-order valence-electron chi connectivity index (χ3n) is 2.35. The monoisotopic (exact) mass is 215 g/mol. The van der Waals surface area contributed by atoms with E-state index in [1.165, 1.54) is 0 Å². The molecule has 0 radical (unpaired) electrons. The first kappa shape index (κ1) is 10.3. The summed E-state index contributed by atoms with van der Waals surface area (Å²) in [6.45, 7) is 0.430. The van der Waals surface area contributed by atoms with Crippen LogP contribution in [0.25, 0.3) is 0 Å². The van der Waals surface area contributed by atoms with Gasteiger partial charge in [0, 0.05) is 23.1 Å². The second-order valence-electron chi connectivity index (χ2n) is 3.64. The maximum Gasteiger partial charge on any atom is 0.258 e. The van der Waals surface area contributed by atoms with Gasteiger partial charge in [-0.2, -0.15) is 0 Å². The number of hydrogen-bond donors (Lipinski definition) is 2. The zero-order valence-corrected chi connectivity index (χ0v) is 8.76. The van der Waals surface area contributed by atoms with Gasteiger partial charge in [-0.05, 0) is 36.4 Å². The summed E-state index contributed by atoms with van der Waals surface area (Å²) >= 11 is 0. The third-order valence-corrected chi connectivity index (χ3v) is 2.35. The van der Waals surface area contributed by atoms with Crippen LogP contribution in [-0.2, 0) is 0 Å². The molecule has 1 aliphatic heterocycles. The van der Waals surface area contributed by atoms with E-state index in [0.29, 0.717) is 23.5 Å². The number of benzene rings is 1. The lowest BCUT2D eigenvalue weighted by atomic mass is 10.1. The third kappa shape index (κ3) is 2.06. The molecule has 0 saturated heterocycles. The standard InChI is InChI=1S/C12H13N3O/c13-10-5-3-9(4-6-10)12(16)15-7-1-2-11(14)8-15/h1-7H,8,13-14H2. The van der Waals surface area contributed by atoms with Crippen molar-refractivity contribution in [3.63, 3.8) is 0 Å². The lowest BCUT2D eigenvalue weighted by Crippen LogP contribution is -2.31. The molecule has 0 spiro atoms. The van der Waals surface area contributed by atoms with Gasteiger partial charge >= 0.3 is 0 Å². The predicted molar refractivity (Wildman–Crippen MR) is 63.3 cm³/mol. The molecular formula is C12H13N3O. The average molecular weight is 215 g/mol. The van der Waals surface area contributed by atoms with E-state index in [4.69, 9.17) is 11.5 Å². The number of carbonyl (C=O) groups excluding carboxylic acids is 1. The topological polar surface area (TPSA) is 72.3 Å². The molecule has 1 aromatic rings. The molecule has 0 saturated carbocycles. The van der Waals surface area contributed by atoms with Crippen LogP contribution in [0.4, 0.5) is 5.69 Å². The Morgan fingerprint density at radius 3 is 2.50 bits per heavy atom. The largest absolute Gasteiger partial charge is 0.401 e. The molecule has 4 N–H and O–H groups in total. The molecule has 2 rings (SSSR count). The maximum atomic E-state index is 12.0. The summed E-state index contributed by atoms with van der Waals surface area (Å²) in [4.78, 5) is 13.6. The van der Waals surface area contributed by atoms with E-state index in [9.17, 15) is 4.79 Å². The van der Waals surface area contributed by atoms with Crippen molar-refractivity contribution in [2.45, 2.75) is 0 Å². The first-order valence-electron chi connectivity index (χ1n) is 4.96. The van der Waals surface area contributed by atoms with Crippen molar-refractivity contribution in [1.29, 1.82) is 0 Å². The molecule has 1 aromatic carbocycles. The SMILES string of the molecule is NC1=CC=CN(C(=O)c2ccc(N)cc2)C1. The number of hydrogen-bond acceptors (Lipinski definition) is 3. The highest BCUT2D eigenvalue weighted by Crippen LogP contribution is 2.11. The normalized spacial score (nSPS) is 14.8. The molecule has 0 atom stereocenters.